The van der Waals surface area contributed by atoms with Gasteiger partial charge in [0.25, 0.3) is 0 Å². The summed E-state index contributed by atoms with van der Waals surface area (Å²) < 4.78 is 0. The van der Waals surface area contributed by atoms with E-state index < -0.39 is 5.97 Å². The Kier molecular flexibility index (Phi) is 6.99. The Labute approximate surface area is 121 Å². The quantitative estimate of drug-likeness (QED) is 0.678. The van der Waals surface area contributed by atoms with Crippen molar-refractivity contribution in [3.8, 4) is 0 Å². The van der Waals surface area contributed by atoms with Crippen LogP contribution in [0.3, 0.4) is 0 Å². The normalized spacial score (nSPS) is 23.2. The molecule has 5 heteroatoms. The molecule has 5 nitrogen and oxygen atoms in total. The molecule has 1 aliphatic rings. The van der Waals surface area contributed by atoms with Crippen molar-refractivity contribution in [3.63, 3.8) is 0 Å². The first-order valence-electron chi connectivity index (χ1n) is 7.74. The summed E-state index contributed by atoms with van der Waals surface area (Å²) in [4.78, 5) is 24.7. The monoisotopic (exact) mass is 284 g/mol. The Morgan fingerprint density at radius 3 is 2.50 bits per heavy atom. The lowest BCUT2D eigenvalue weighted by atomic mass is 9.85. The van der Waals surface area contributed by atoms with Crippen LogP contribution in [0.4, 0.5) is 0 Å². The van der Waals surface area contributed by atoms with Gasteiger partial charge < -0.3 is 10.4 Å². The molecule has 2 N–H and O–H groups in total. The molecule has 0 radical (unpaired) electrons. The number of nitrogens with zero attached hydrogens (tertiary/aromatic N) is 1. The number of hydrogen-bond acceptors (Lipinski definition) is 3. The molecule has 20 heavy (non-hydrogen) atoms. The highest BCUT2D eigenvalue weighted by Gasteiger charge is 2.35. The second-order valence-corrected chi connectivity index (χ2v) is 5.83. The van der Waals surface area contributed by atoms with E-state index in [-0.39, 0.29) is 24.4 Å². The molecule has 0 spiro atoms. The van der Waals surface area contributed by atoms with Gasteiger partial charge in [0.1, 0.15) is 0 Å². The van der Waals surface area contributed by atoms with Crippen LogP contribution >= 0.6 is 0 Å². The number of carbonyl (C=O) groups is 2. The lowest BCUT2D eigenvalue weighted by Crippen LogP contribution is -2.55. The fraction of sp³-hybridized carbons (Fsp3) is 0.867. The Hall–Kier alpha value is -1.10. The summed E-state index contributed by atoms with van der Waals surface area (Å²) in [6.45, 7) is 6.91. The van der Waals surface area contributed by atoms with E-state index in [0.29, 0.717) is 6.04 Å². The van der Waals surface area contributed by atoms with Crippen LogP contribution in [0.1, 0.15) is 52.9 Å². The molecule has 1 rings (SSSR count). The van der Waals surface area contributed by atoms with E-state index in [9.17, 15) is 9.59 Å². The van der Waals surface area contributed by atoms with Gasteiger partial charge in [0.2, 0.25) is 5.91 Å². The third-order valence-corrected chi connectivity index (χ3v) is 4.16. The Morgan fingerprint density at radius 1 is 1.35 bits per heavy atom. The smallest absolute Gasteiger partial charge is 0.317 e. The molecule has 0 aromatic carbocycles. The zero-order chi connectivity index (χ0) is 15.1. The van der Waals surface area contributed by atoms with Crippen LogP contribution in [0.15, 0.2) is 0 Å². The number of amides is 1. The van der Waals surface area contributed by atoms with Crippen LogP contribution in [-0.2, 0) is 9.59 Å². The van der Waals surface area contributed by atoms with E-state index in [2.05, 4.69) is 12.2 Å². The highest BCUT2D eigenvalue weighted by Crippen LogP contribution is 2.26. The Bertz CT molecular complexity index is 327. The van der Waals surface area contributed by atoms with E-state index in [1.807, 2.05) is 18.7 Å². The summed E-state index contributed by atoms with van der Waals surface area (Å²) >= 11 is 0. The molecule has 1 fully saturated rings. The average molecular weight is 284 g/mol. The van der Waals surface area contributed by atoms with Crippen molar-refractivity contribution in [2.24, 2.45) is 5.92 Å². The maximum atomic E-state index is 12.0. The largest absolute Gasteiger partial charge is 0.480 e. The molecule has 1 aliphatic carbocycles. The van der Waals surface area contributed by atoms with Crippen molar-refractivity contribution >= 4 is 11.9 Å². The minimum absolute atomic E-state index is 0.0790. The van der Waals surface area contributed by atoms with Gasteiger partial charge in [-0.25, -0.2) is 0 Å². The molecule has 1 unspecified atom stereocenters. The minimum atomic E-state index is -0.785. The van der Waals surface area contributed by atoms with Crippen molar-refractivity contribution in [1.82, 2.24) is 10.2 Å². The van der Waals surface area contributed by atoms with Crippen molar-refractivity contribution in [3.05, 3.63) is 0 Å². The summed E-state index contributed by atoms with van der Waals surface area (Å²) in [6, 6.07) is 0.520. The van der Waals surface area contributed by atoms with E-state index in [4.69, 9.17) is 5.11 Å². The third-order valence-electron chi connectivity index (χ3n) is 4.16. The first kappa shape index (κ1) is 17.0. The summed E-state index contributed by atoms with van der Waals surface area (Å²) in [6.07, 6.45) is 4.88. The van der Waals surface area contributed by atoms with Gasteiger partial charge in [-0.05, 0) is 25.8 Å². The van der Waals surface area contributed by atoms with Gasteiger partial charge in [-0.1, -0.05) is 33.6 Å². The van der Waals surface area contributed by atoms with E-state index in [0.717, 1.165) is 38.6 Å². The van der Waals surface area contributed by atoms with Gasteiger partial charge in [-0.15, -0.1) is 0 Å². The standard InChI is InChI=1S/C15H28N2O3/c1-4-6-7-11(3)15(20)16-12-8-13(9-12)17(5-2)10-14(18)19/h11-13H,4-10H2,1-3H3,(H,16,20)(H,18,19). The Morgan fingerprint density at radius 2 is 2.00 bits per heavy atom. The van der Waals surface area contributed by atoms with Crippen molar-refractivity contribution < 1.29 is 14.7 Å². The fourth-order valence-corrected chi connectivity index (χ4v) is 2.66. The summed E-state index contributed by atoms with van der Waals surface area (Å²) in [7, 11) is 0. The number of rotatable bonds is 9. The SMILES string of the molecule is CCCCC(C)C(=O)NC1CC(N(CC)CC(=O)O)C1. The second kappa shape index (κ2) is 8.25. The molecule has 1 atom stereocenters. The topological polar surface area (TPSA) is 69.6 Å². The van der Waals surface area contributed by atoms with Crippen molar-refractivity contribution in [1.29, 1.82) is 0 Å². The van der Waals surface area contributed by atoms with Gasteiger partial charge in [0, 0.05) is 18.0 Å². The van der Waals surface area contributed by atoms with E-state index in [1.54, 1.807) is 0 Å². The first-order valence-corrected chi connectivity index (χ1v) is 7.74. The van der Waals surface area contributed by atoms with E-state index >= 15 is 0 Å². The molecule has 0 aliphatic heterocycles. The van der Waals surface area contributed by atoms with Gasteiger partial charge in [-0.2, -0.15) is 0 Å². The molecule has 1 saturated carbocycles. The van der Waals surface area contributed by atoms with Crippen LogP contribution in [0.2, 0.25) is 0 Å². The zero-order valence-corrected chi connectivity index (χ0v) is 12.9. The maximum Gasteiger partial charge on any atom is 0.317 e. The number of nitrogens with one attached hydrogen (secondary N) is 1. The predicted octanol–water partition coefficient (Wildman–Crippen LogP) is 1.87. The summed E-state index contributed by atoms with van der Waals surface area (Å²) in [5, 5.41) is 11.9. The van der Waals surface area contributed by atoms with Gasteiger partial charge in [0.05, 0.1) is 6.54 Å². The third kappa shape index (κ3) is 5.12. The number of carboxylic acids is 1. The van der Waals surface area contributed by atoms with Crippen molar-refractivity contribution in [2.75, 3.05) is 13.1 Å². The van der Waals surface area contributed by atoms with Crippen LogP contribution in [-0.4, -0.2) is 47.1 Å². The van der Waals surface area contributed by atoms with Crippen molar-refractivity contribution in [2.45, 2.75) is 65.0 Å². The minimum Gasteiger partial charge on any atom is -0.480 e. The number of carboxylic acid groups (broad SMARTS) is 1. The fourth-order valence-electron chi connectivity index (χ4n) is 2.66. The molecule has 0 bridgehead atoms. The highest BCUT2D eigenvalue weighted by atomic mass is 16.4. The lowest BCUT2D eigenvalue weighted by Gasteiger charge is -2.42. The van der Waals surface area contributed by atoms with Crippen LogP contribution in [0.25, 0.3) is 0 Å². The second-order valence-electron chi connectivity index (χ2n) is 5.83. The first-order chi connectivity index (χ1) is 9.47. The van der Waals surface area contributed by atoms with Gasteiger partial charge in [0.15, 0.2) is 0 Å². The van der Waals surface area contributed by atoms with Gasteiger partial charge >= 0.3 is 5.97 Å². The summed E-state index contributed by atoms with van der Waals surface area (Å²) in [5.74, 6) is -0.564. The Balaban J connectivity index is 2.27. The summed E-state index contributed by atoms with van der Waals surface area (Å²) in [5.41, 5.74) is 0. The van der Waals surface area contributed by atoms with E-state index in [1.165, 1.54) is 0 Å². The molecular formula is C15H28N2O3. The van der Waals surface area contributed by atoms with Crippen LogP contribution in [0.5, 0.6) is 0 Å². The molecular weight excluding hydrogens is 256 g/mol. The average Bonchev–Trinajstić information content (AvgIpc) is 2.36. The number of unbranched alkanes of at least 4 members (excludes halogenated alkanes) is 1. The lowest BCUT2D eigenvalue weighted by molar-refractivity contribution is -0.140. The number of hydrogen-bond donors (Lipinski definition) is 2. The molecule has 0 saturated heterocycles. The predicted molar refractivity (Wildman–Crippen MR) is 78.5 cm³/mol. The maximum absolute atomic E-state index is 12.0. The number of aliphatic carboxylic acids is 1. The molecule has 0 heterocycles. The zero-order valence-electron chi connectivity index (χ0n) is 12.9. The van der Waals surface area contributed by atoms with Crippen LogP contribution in [0, 0.1) is 5.92 Å². The molecule has 0 aromatic rings. The highest BCUT2D eigenvalue weighted by molar-refractivity contribution is 5.78. The number of carbonyl (C=O) groups excluding carboxylic acids is 1. The van der Waals surface area contributed by atoms with Crippen LogP contribution < -0.4 is 5.32 Å². The number of likely N-dealkylation sites (N-methyl/N-ethyl adjacent to an activating group) is 1. The van der Waals surface area contributed by atoms with Gasteiger partial charge in [-0.3, -0.25) is 14.5 Å². The molecule has 116 valence electrons. The molecule has 1 amide bonds. The molecule has 0 aromatic heterocycles.